The molecule has 1 aliphatic carbocycles. The highest BCUT2D eigenvalue weighted by Gasteiger charge is 2.31. The summed E-state index contributed by atoms with van der Waals surface area (Å²) in [5, 5.41) is 0. The molecule has 4 heteroatoms. The molecule has 1 unspecified atom stereocenters. The highest BCUT2D eigenvalue weighted by atomic mass is 16.5. The van der Waals surface area contributed by atoms with Crippen molar-refractivity contribution in [2.24, 2.45) is 11.7 Å². The third-order valence-corrected chi connectivity index (χ3v) is 3.63. The van der Waals surface area contributed by atoms with Gasteiger partial charge in [-0.15, -0.1) is 0 Å². The predicted molar refractivity (Wildman–Crippen MR) is 73.3 cm³/mol. The van der Waals surface area contributed by atoms with Crippen LogP contribution in [0.2, 0.25) is 0 Å². The lowest BCUT2D eigenvalue weighted by atomic mass is 9.88. The summed E-state index contributed by atoms with van der Waals surface area (Å²) < 4.78 is 5.01. The van der Waals surface area contributed by atoms with Crippen LogP contribution in [0.15, 0.2) is 0 Å². The molecule has 1 fully saturated rings. The topological polar surface area (TPSA) is 55.6 Å². The number of hydrogen-bond donors (Lipinski definition) is 1. The molecule has 4 nitrogen and oxygen atoms in total. The highest BCUT2D eigenvalue weighted by Crippen LogP contribution is 2.24. The van der Waals surface area contributed by atoms with E-state index in [-0.39, 0.29) is 5.97 Å². The van der Waals surface area contributed by atoms with Crippen molar-refractivity contribution in [1.29, 1.82) is 0 Å². The first-order chi connectivity index (χ1) is 8.45. The second-order valence-corrected chi connectivity index (χ2v) is 5.84. The fraction of sp³-hybridized carbons (Fsp3) is 0.929. The monoisotopic (exact) mass is 256 g/mol. The predicted octanol–water partition coefficient (Wildman–Crippen LogP) is 1.78. The Kier molecular flexibility index (Phi) is 6.09. The molecule has 0 spiro atoms. The molecule has 18 heavy (non-hydrogen) atoms. The highest BCUT2D eigenvalue weighted by molar-refractivity contribution is 5.80. The normalized spacial score (nSPS) is 20.7. The largest absolute Gasteiger partial charge is 0.465 e. The van der Waals surface area contributed by atoms with Gasteiger partial charge in [0.1, 0.15) is 5.54 Å². The van der Waals surface area contributed by atoms with Crippen LogP contribution in [0.4, 0.5) is 0 Å². The molecule has 0 aromatic rings. The Morgan fingerprint density at radius 2 is 2.00 bits per heavy atom. The van der Waals surface area contributed by atoms with Crippen molar-refractivity contribution in [2.45, 2.75) is 51.5 Å². The molecule has 106 valence electrons. The SMILES string of the molecule is CCOC(=O)C(C)(N)CN(C)CC1CCCCC1. The van der Waals surface area contributed by atoms with Crippen LogP contribution in [0.25, 0.3) is 0 Å². The van der Waals surface area contributed by atoms with Gasteiger partial charge < -0.3 is 15.4 Å². The summed E-state index contributed by atoms with van der Waals surface area (Å²) in [6, 6.07) is 0. The fourth-order valence-electron chi connectivity index (χ4n) is 2.80. The van der Waals surface area contributed by atoms with Crippen LogP contribution in [0.5, 0.6) is 0 Å². The van der Waals surface area contributed by atoms with E-state index in [0.29, 0.717) is 13.2 Å². The second kappa shape index (κ2) is 7.10. The van der Waals surface area contributed by atoms with E-state index in [2.05, 4.69) is 4.90 Å². The van der Waals surface area contributed by atoms with Crippen molar-refractivity contribution in [3.05, 3.63) is 0 Å². The summed E-state index contributed by atoms with van der Waals surface area (Å²) in [5.41, 5.74) is 5.13. The van der Waals surface area contributed by atoms with Crippen LogP contribution >= 0.6 is 0 Å². The minimum Gasteiger partial charge on any atom is -0.465 e. The van der Waals surface area contributed by atoms with Crippen LogP contribution in [0.3, 0.4) is 0 Å². The molecule has 0 aromatic carbocycles. The first kappa shape index (κ1) is 15.4. The molecule has 0 radical (unpaired) electrons. The Hall–Kier alpha value is -0.610. The van der Waals surface area contributed by atoms with Gasteiger partial charge in [0.15, 0.2) is 0 Å². The zero-order valence-electron chi connectivity index (χ0n) is 12.1. The lowest BCUT2D eigenvalue weighted by molar-refractivity contribution is -0.149. The number of carbonyl (C=O) groups excluding carboxylic acids is 1. The van der Waals surface area contributed by atoms with Crippen LogP contribution < -0.4 is 5.73 Å². The van der Waals surface area contributed by atoms with E-state index in [4.69, 9.17) is 10.5 Å². The lowest BCUT2D eigenvalue weighted by Crippen LogP contribution is -2.54. The molecule has 0 amide bonds. The summed E-state index contributed by atoms with van der Waals surface area (Å²) in [6.45, 7) is 5.54. The van der Waals surface area contributed by atoms with Crippen LogP contribution in [-0.2, 0) is 9.53 Å². The molecule has 0 heterocycles. The third-order valence-electron chi connectivity index (χ3n) is 3.63. The Bertz CT molecular complexity index is 261. The molecule has 0 bridgehead atoms. The minimum atomic E-state index is -0.903. The number of nitrogens with zero attached hydrogens (tertiary/aromatic N) is 1. The van der Waals surface area contributed by atoms with Crippen molar-refractivity contribution in [3.8, 4) is 0 Å². The number of rotatable bonds is 6. The molecule has 0 aromatic heterocycles. The number of carbonyl (C=O) groups is 1. The van der Waals surface area contributed by atoms with Crippen LogP contribution in [0, 0.1) is 5.92 Å². The summed E-state index contributed by atoms with van der Waals surface area (Å²) in [6.07, 6.45) is 6.68. The Morgan fingerprint density at radius 3 is 2.56 bits per heavy atom. The van der Waals surface area contributed by atoms with E-state index in [1.807, 2.05) is 7.05 Å². The van der Waals surface area contributed by atoms with Gasteiger partial charge in [-0.3, -0.25) is 4.79 Å². The third kappa shape index (κ3) is 4.94. The number of nitrogens with two attached hydrogens (primary N) is 1. The maximum Gasteiger partial charge on any atom is 0.327 e. The first-order valence-electron chi connectivity index (χ1n) is 7.10. The van der Waals surface area contributed by atoms with Crippen molar-refractivity contribution in [2.75, 3.05) is 26.7 Å². The van der Waals surface area contributed by atoms with E-state index in [9.17, 15) is 4.79 Å². The van der Waals surface area contributed by atoms with Gasteiger partial charge in [-0.25, -0.2) is 0 Å². The Balaban J connectivity index is 2.37. The Labute approximate surface area is 111 Å². The second-order valence-electron chi connectivity index (χ2n) is 5.84. The summed E-state index contributed by atoms with van der Waals surface area (Å²) in [4.78, 5) is 13.9. The molecule has 1 rings (SSSR count). The average Bonchev–Trinajstić information content (AvgIpc) is 2.29. The average molecular weight is 256 g/mol. The van der Waals surface area contributed by atoms with E-state index < -0.39 is 5.54 Å². The minimum absolute atomic E-state index is 0.305. The fourth-order valence-corrected chi connectivity index (χ4v) is 2.80. The van der Waals surface area contributed by atoms with Gasteiger partial charge in [0.2, 0.25) is 0 Å². The maximum absolute atomic E-state index is 11.7. The molecule has 2 N–H and O–H groups in total. The number of hydrogen-bond acceptors (Lipinski definition) is 4. The molecular formula is C14H28N2O2. The van der Waals surface area contributed by atoms with Crippen molar-refractivity contribution < 1.29 is 9.53 Å². The van der Waals surface area contributed by atoms with Gasteiger partial charge >= 0.3 is 5.97 Å². The summed E-state index contributed by atoms with van der Waals surface area (Å²) >= 11 is 0. The zero-order valence-corrected chi connectivity index (χ0v) is 12.1. The van der Waals surface area contributed by atoms with Gasteiger partial charge in [0.05, 0.1) is 6.61 Å². The molecular weight excluding hydrogens is 228 g/mol. The zero-order chi connectivity index (χ0) is 13.6. The molecule has 0 saturated heterocycles. The number of ether oxygens (including phenoxy) is 1. The number of esters is 1. The summed E-state index contributed by atoms with van der Waals surface area (Å²) in [5.74, 6) is 0.460. The van der Waals surface area contributed by atoms with Gasteiger partial charge in [-0.05, 0) is 39.7 Å². The quantitative estimate of drug-likeness (QED) is 0.736. The van der Waals surface area contributed by atoms with Crippen LogP contribution in [-0.4, -0.2) is 43.2 Å². The molecule has 1 atom stereocenters. The van der Waals surface area contributed by atoms with Gasteiger partial charge in [-0.2, -0.15) is 0 Å². The van der Waals surface area contributed by atoms with Crippen molar-refractivity contribution in [1.82, 2.24) is 4.90 Å². The standard InChI is InChI=1S/C14H28N2O2/c1-4-18-13(17)14(2,15)11-16(3)10-12-8-6-5-7-9-12/h12H,4-11,15H2,1-3H3. The summed E-state index contributed by atoms with van der Waals surface area (Å²) in [7, 11) is 2.04. The van der Waals surface area contributed by atoms with E-state index in [0.717, 1.165) is 12.5 Å². The van der Waals surface area contributed by atoms with Gasteiger partial charge in [-0.1, -0.05) is 19.3 Å². The van der Waals surface area contributed by atoms with E-state index in [1.165, 1.54) is 32.1 Å². The van der Waals surface area contributed by atoms with E-state index >= 15 is 0 Å². The number of likely N-dealkylation sites (N-methyl/N-ethyl adjacent to an activating group) is 1. The molecule has 0 aliphatic heterocycles. The van der Waals surface area contributed by atoms with Crippen molar-refractivity contribution >= 4 is 5.97 Å². The van der Waals surface area contributed by atoms with Crippen LogP contribution in [0.1, 0.15) is 46.0 Å². The molecule has 1 saturated carbocycles. The molecule has 1 aliphatic rings. The first-order valence-corrected chi connectivity index (χ1v) is 7.10. The Morgan fingerprint density at radius 1 is 1.39 bits per heavy atom. The van der Waals surface area contributed by atoms with Gasteiger partial charge in [0.25, 0.3) is 0 Å². The maximum atomic E-state index is 11.7. The lowest BCUT2D eigenvalue weighted by Gasteiger charge is -2.31. The smallest absolute Gasteiger partial charge is 0.327 e. The van der Waals surface area contributed by atoms with Crippen molar-refractivity contribution in [3.63, 3.8) is 0 Å². The van der Waals surface area contributed by atoms with Gasteiger partial charge in [0, 0.05) is 13.1 Å². The van der Waals surface area contributed by atoms with E-state index in [1.54, 1.807) is 13.8 Å².